The van der Waals surface area contributed by atoms with Crippen molar-refractivity contribution in [1.82, 2.24) is 0 Å². The lowest BCUT2D eigenvalue weighted by molar-refractivity contribution is 0.136. The molecule has 1 aliphatic rings. The van der Waals surface area contributed by atoms with E-state index in [0.717, 1.165) is 24.3 Å². The van der Waals surface area contributed by atoms with E-state index in [2.05, 4.69) is 0 Å². The summed E-state index contributed by atoms with van der Waals surface area (Å²) in [4.78, 5) is 0. The van der Waals surface area contributed by atoms with E-state index >= 15 is 0 Å². The minimum atomic E-state index is -0.896. The molecule has 1 fully saturated rings. The van der Waals surface area contributed by atoms with E-state index < -0.39 is 17.7 Å². The minimum absolute atomic E-state index is 0.0938. The van der Waals surface area contributed by atoms with Crippen molar-refractivity contribution in [3.05, 3.63) is 34.9 Å². The first kappa shape index (κ1) is 13.8. The maximum absolute atomic E-state index is 13.7. The Hall–Kier alpha value is -0.610. The molecule has 100 valence electrons. The monoisotopic (exact) mass is 272 g/mol. The lowest BCUT2D eigenvalue weighted by Gasteiger charge is -2.24. The topological polar surface area (TPSA) is 20.2 Å². The first-order chi connectivity index (χ1) is 8.59. The van der Waals surface area contributed by atoms with E-state index in [1.54, 1.807) is 0 Å². The Morgan fingerprint density at radius 3 is 2.61 bits per heavy atom. The van der Waals surface area contributed by atoms with Crippen molar-refractivity contribution in [2.75, 3.05) is 11.5 Å². The molecule has 1 heterocycles. The maximum Gasteiger partial charge on any atom is 0.164 e. The van der Waals surface area contributed by atoms with E-state index in [0.29, 0.717) is 12.3 Å². The van der Waals surface area contributed by atoms with Crippen LogP contribution in [-0.2, 0) is 0 Å². The standard InChI is InChI=1S/C14H18F2OS/c1-9-2-3-11(14(16)13(9)15)12(17)8-10-4-6-18-7-5-10/h2-3,10,12,17H,4-8H2,1H3. The fraction of sp³-hybridized carbons (Fsp3) is 0.571. The molecule has 0 spiro atoms. The Morgan fingerprint density at radius 2 is 1.94 bits per heavy atom. The van der Waals surface area contributed by atoms with Gasteiger partial charge in [0.15, 0.2) is 11.6 Å². The molecule has 4 heteroatoms. The highest BCUT2D eigenvalue weighted by Gasteiger charge is 2.22. The number of hydrogen-bond acceptors (Lipinski definition) is 2. The molecular weight excluding hydrogens is 254 g/mol. The predicted octanol–water partition coefficient (Wildman–Crippen LogP) is 3.84. The molecule has 1 aromatic carbocycles. The highest BCUT2D eigenvalue weighted by molar-refractivity contribution is 7.99. The maximum atomic E-state index is 13.7. The van der Waals surface area contributed by atoms with Crippen LogP contribution in [0.2, 0.25) is 0 Å². The summed E-state index contributed by atoms with van der Waals surface area (Å²) in [6, 6.07) is 3.02. The van der Waals surface area contributed by atoms with Gasteiger partial charge in [0.05, 0.1) is 6.10 Å². The fourth-order valence-electron chi connectivity index (χ4n) is 2.34. The zero-order valence-electron chi connectivity index (χ0n) is 10.5. The second-order valence-corrected chi connectivity index (χ2v) is 6.13. The van der Waals surface area contributed by atoms with E-state index in [1.165, 1.54) is 19.1 Å². The third-order valence-electron chi connectivity index (χ3n) is 3.56. The van der Waals surface area contributed by atoms with E-state index in [4.69, 9.17) is 0 Å². The molecule has 0 aromatic heterocycles. The Morgan fingerprint density at radius 1 is 1.28 bits per heavy atom. The fourth-order valence-corrected chi connectivity index (χ4v) is 3.55. The van der Waals surface area contributed by atoms with Crippen molar-refractivity contribution >= 4 is 11.8 Å². The second kappa shape index (κ2) is 6.02. The van der Waals surface area contributed by atoms with Crippen molar-refractivity contribution in [3.8, 4) is 0 Å². The SMILES string of the molecule is Cc1ccc(C(O)CC2CCSCC2)c(F)c1F. The van der Waals surface area contributed by atoms with Gasteiger partial charge in [-0.1, -0.05) is 12.1 Å². The molecule has 1 nitrogen and oxygen atoms in total. The van der Waals surface area contributed by atoms with Crippen molar-refractivity contribution in [2.24, 2.45) is 5.92 Å². The van der Waals surface area contributed by atoms with Gasteiger partial charge in [-0.15, -0.1) is 0 Å². The second-order valence-electron chi connectivity index (χ2n) is 4.91. The number of benzene rings is 1. The van der Waals surface area contributed by atoms with Crippen LogP contribution in [-0.4, -0.2) is 16.6 Å². The molecule has 1 N–H and O–H groups in total. The van der Waals surface area contributed by atoms with Gasteiger partial charge < -0.3 is 5.11 Å². The van der Waals surface area contributed by atoms with Crippen LogP contribution in [0, 0.1) is 24.5 Å². The number of halogens is 2. The van der Waals surface area contributed by atoms with Crippen LogP contribution in [0.1, 0.15) is 36.5 Å². The van der Waals surface area contributed by atoms with Gasteiger partial charge in [-0.3, -0.25) is 0 Å². The summed E-state index contributed by atoms with van der Waals surface area (Å²) < 4.78 is 27.2. The molecule has 18 heavy (non-hydrogen) atoms. The van der Waals surface area contributed by atoms with Crippen LogP contribution in [0.15, 0.2) is 12.1 Å². The summed E-state index contributed by atoms with van der Waals surface area (Å²) in [7, 11) is 0. The molecule has 1 saturated heterocycles. The molecule has 2 rings (SSSR count). The first-order valence-electron chi connectivity index (χ1n) is 6.30. The van der Waals surface area contributed by atoms with Crippen LogP contribution in [0.25, 0.3) is 0 Å². The minimum Gasteiger partial charge on any atom is -0.388 e. The lowest BCUT2D eigenvalue weighted by Crippen LogP contribution is -2.14. The largest absolute Gasteiger partial charge is 0.388 e. The number of aliphatic hydroxyl groups excluding tert-OH is 1. The normalized spacial score (nSPS) is 18.9. The van der Waals surface area contributed by atoms with E-state index in [9.17, 15) is 13.9 Å². The van der Waals surface area contributed by atoms with Crippen LogP contribution >= 0.6 is 11.8 Å². The molecule has 1 atom stereocenters. The summed E-state index contributed by atoms with van der Waals surface area (Å²) in [5, 5.41) is 10.1. The van der Waals surface area contributed by atoms with Crippen molar-refractivity contribution in [3.63, 3.8) is 0 Å². The summed E-state index contributed by atoms with van der Waals surface area (Å²) in [5.74, 6) is 0.882. The molecule has 0 amide bonds. The van der Waals surface area contributed by atoms with Gasteiger partial charge in [-0.05, 0) is 49.2 Å². The van der Waals surface area contributed by atoms with Crippen molar-refractivity contribution in [2.45, 2.75) is 32.3 Å². The van der Waals surface area contributed by atoms with E-state index in [-0.39, 0.29) is 11.1 Å². The summed E-state index contributed by atoms with van der Waals surface area (Å²) in [6.45, 7) is 1.52. The van der Waals surface area contributed by atoms with Crippen LogP contribution in [0.4, 0.5) is 8.78 Å². The zero-order valence-corrected chi connectivity index (χ0v) is 11.3. The number of hydrogen-bond donors (Lipinski definition) is 1. The number of aryl methyl sites for hydroxylation is 1. The van der Waals surface area contributed by atoms with Gasteiger partial charge in [-0.25, -0.2) is 8.78 Å². The summed E-state index contributed by atoms with van der Waals surface area (Å²) >= 11 is 1.91. The molecule has 1 unspecified atom stereocenters. The molecule has 0 bridgehead atoms. The van der Waals surface area contributed by atoms with Gasteiger partial charge in [0.25, 0.3) is 0 Å². The van der Waals surface area contributed by atoms with Gasteiger partial charge in [0.2, 0.25) is 0 Å². The third-order valence-corrected chi connectivity index (χ3v) is 4.61. The Kier molecular flexibility index (Phi) is 4.62. The molecule has 0 aliphatic carbocycles. The van der Waals surface area contributed by atoms with Gasteiger partial charge in [0.1, 0.15) is 0 Å². The smallest absolute Gasteiger partial charge is 0.164 e. The third kappa shape index (κ3) is 3.04. The predicted molar refractivity (Wildman–Crippen MR) is 70.7 cm³/mol. The molecular formula is C14H18F2OS. The van der Waals surface area contributed by atoms with Gasteiger partial charge >= 0.3 is 0 Å². The number of thioether (sulfide) groups is 1. The average Bonchev–Trinajstić information content (AvgIpc) is 2.37. The van der Waals surface area contributed by atoms with Crippen LogP contribution in [0.3, 0.4) is 0 Å². The van der Waals surface area contributed by atoms with Crippen LogP contribution < -0.4 is 0 Å². The van der Waals surface area contributed by atoms with E-state index in [1.807, 2.05) is 11.8 Å². The van der Waals surface area contributed by atoms with Gasteiger partial charge in [0, 0.05) is 5.56 Å². The quantitative estimate of drug-likeness (QED) is 0.902. The summed E-state index contributed by atoms with van der Waals surface area (Å²) in [5.41, 5.74) is 0.369. The van der Waals surface area contributed by atoms with Crippen molar-refractivity contribution < 1.29 is 13.9 Å². The zero-order chi connectivity index (χ0) is 13.1. The summed E-state index contributed by atoms with van der Waals surface area (Å²) in [6.07, 6.45) is 1.74. The molecule has 1 aromatic rings. The van der Waals surface area contributed by atoms with Gasteiger partial charge in [-0.2, -0.15) is 11.8 Å². The highest BCUT2D eigenvalue weighted by Crippen LogP contribution is 2.32. The molecule has 0 saturated carbocycles. The van der Waals surface area contributed by atoms with Crippen LogP contribution in [0.5, 0.6) is 0 Å². The Labute approximate surface area is 111 Å². The average molecular weight is 272 g/mol. The number of aliphatic hydroxyl groups is 1. The molecule has 0 radical (unpaired) electrons. The lowest BCUT2D eigenvalue weighted by atomic mass is 9.92. The molecule has 1 aliphatic heterocycles. The Balaban J connectivity index is 2.08. The Bertz CT molecular complexity index is 417. The highest BCUT2D eigenvalue weighted by atomic mass is 32.2. The van der Waals surface area contributed by atoms with Crippen molar-refractivity contribution in [1.29, 1.82) is 0 Å². The number of rotatable bonds is 3. The first-order valence-corrected chi connectivity index (χ1v) is 7.45.